The fourth-order valence-corrected chi connectivity index (χ4v) is 2.00. The third kappa shape index (κ3) is 1.70. The fraction of sp³-hybridized carbons (Fsp3) is 0.538. The van der Waals surface area contributed by atoms with Crippen LogP contribution in [0.1, 0.15) is 50.6 Å². The van der Waals surface area contributed by atoms with E-state index in [0.29, 0.717) is 5.92 Å². The Bertz CT molecular complexity index is 497. The first-order chi connectivity index (χ1) is 7.67. The highest BCUT2D eigenvalue weighted by Gasteiger charge is 2.12. The minimum atomic E-state index is 0.481. The monoisotopic (exact) mass is 217 g/mol. The maximum absolute atomic E-state index is 4.31. The smallest absolute Gasteiger partial charge is 0.0717 e. The first-order valence-electron chi connectivity index (χ1n) is 6.04. The second-order valence-corrected chi connectivity index (χ2v) is 4.48. The van der Waals surface area contributed by atoms with Crippen molar-refractivity contribution in [2.75, 3.05) is 0 Å². The van der Waals surface area contributed by atoms with Crippen LogP contribution in [-0.2, 0) is 12.8 Å². The number of nitrogens with zero attached hydrogens (tertiary/aromatic N) is 3. The highest BCUT2D eigenvalue weighted by atomic mass is 15.4. The molecule has 0 spiro atoms. The van der Waals surface area contributed by atoms with Crippen LogP contribution in [0.15, 0.2) is 12.1 Å². The van der Waals surface area contributed by atoms with E-state index in [1.807, 2.05) is 4.52 Å². The summed E-state index contributed by atoms with van der Waals surface area (Å²) in [7, 11) is 0. The lowest BCUT2D eigenvalue weighted by Crippen LogP contribution is -2.03. The van der Waals surface area contributed by atoms with E-state index in [1.165, 1.54) is 16.8 Å². The van der Waals surface area contributed by atoms with Crippen LogP contribution in [0, 0.1) is 0 Å². The van der Waals surface area contributed by atoms with Gasteiger partial charge in [0.15, 0.2) is 0 Å². The largest absolute Gasteiger partial charge is 0.219 e. The third-order valence-electron chi connectivity index (χ3n) is 3.02. The molecule has 16 heavy (non-hydrogen) atoms. The highest BCUT2D eigenvalue weighted by molar-refractivity contribution is 5.57. The molecule has 2 heterocycles. The van der Waals surface area contributed by atoms with Gasteiger partial charge < -0.3 is 0 Å². The normalized spacial score (nSPS) is 11.6. The quantitative estimate of drug-likeness (QED) is 0.791. The molecule has 0 aromatic carbocycles. The Morgan fingerprint density at radius 3 is 2.50 bits per heavy atom. The number of aryl methyl sites for hydroxylation is 2. The summed E-state index contributed by atoms with van der Waals surface area (Å²) in [5.74, 6) is 0.481. The first kappa shape index (κ1) is 11.1. The van der Waals surface area contributed by atoms with E-state index < -0.39 is 0 Å². The highest BCUT2D eigenvalue weighted by Crippen LogP contribution is 2.22. The van der Waals surface area contributed by atoms with Gasteiger partial charge in [-0.25, -0.2) is 4.52 Å². The van der Waals surface area contributed by atoms with E-state index in [9.17, 15) is 0 Å². The van der Waals surface area contributed by atoms with E-state index in [1.54, 1.807) is 0 Å². The molecule has 0 atom stereocenters. The van der Waals surface area contributed by atoms with E-state index in [-0.39, 0.29) is 0 Å². The second-order valence-electron chi connectivity index (χ2n) is 4.48. The standard InChI is InChI=1S/C13H19N3/c1-5-10-7-12(9(3)4)16-13(10)8-11(6-2)14-15-16/h7-9H,5-6H2,1-4H3. The average Bonchev–Trinajstić information content (AvgIpc) is 2.66. The Hall–Kier alpha value is -1.38. The zero-order chi connectivity index (χ0) is 11.7. The average molecular weight is 217 g/mol. The van der Waals surface area contributed by atoms with Crippen molar-refractivity contribution in [3.05, 3.63) is 29.1 Å². The van der Waals surface area contributed by atoms with Gasteiger partial charge in [-0.15, -0.1) is 5.10 Å². The minimum Gasteiger partial charge on any atom is -0.219 e. The van der Waals surface area contributed by atoms with Crippen molar-refractivity contribution >= 4 is 5.52 Å². The van der Waals surface area contributed by atoms with Gasteiger partial charge in [-0.1, -0.05) is 32.9 Å². The van der Waals surface area contributed by atoms with Crippen LogP contribution in [0.5, 0.6) is 0 Å². The first-order valence-corrected chi connectivity index (χ1v) is 6.04. The number of fused-ring (bicyclic) bond motifs is 1. The molecule has 2 aromatic rings. The summed E-state index contributed by atoms with van der Waals surface area (Å²) >= 11 is 0. The molecule has 0 aliphatic rings. The van der Waals surface area contributed by atoms with Crippen LogP contribution in [0.3, 0.4) is 0 Å². The van der Waals surface area contributed by atoms with Crippen molar-refractivity contribution in [2.24, 2.45) is 0 Å². The number of rotatable bonds is 3. The van der Waals surface area contributed by atoms with Gasteiger partial charge >= 0.3 is 0 Å². The summed E-state index contributed by atoms with van der Waals surface area (Å²) in [6.07, 6.45) is 1.99. The molecule has 0 amide bonds. The van der Waals surface area contributed by atoms with Crippen molar-refractivity contribution in [1.82, 2.24) is 14.8 Å². The van der Waals surface area contributed by atoms with Crippen LogP contribution in [0.25, 0.3) is 5.52 Å². The molecule has 0 unspecified atom stereocenters. The molecule has 0 radical (unpaired) electrons. The van der Waals surface area contributed by atoms with Gasteiger partial charge in [0.05, 0.1) is 11.2 Å². The van der Waals surface area contributed by atoms with E-state index in [0.717, 1.165) is 18.5 Å². The van der Waals surface area contributed by atoms with Crippen molar-refractivity contribution in [3.8, 4) is 0 Å². The van der Waals surface area contributed by atoms with Crippen LogP contribution in [0.2, 0.25) is 0 Å². The van der Waals surface area contributed by atoms with E-state index in [2.05, 4.69) is 50.1 Å². The van der Waals surface area contributed by atoms with Crippen LogP contribution in [0.4, 0.5) is 0 Å². The van der Waals surface area contributed by atoms with Gasteiger partial charge in [0.25, 0.3) is 0 Å². The lowest BCUT2D eigenvalue weighted by atomic mass is 10.1. The predicted octanol–water partition coefficient (Wildman–Crippen LogP) is 2.98. The molecule has 2 rings (SSSR count). The summed E-state index contributed by atoms with van der Waals surface area (Å²) in [5, 5.41) is 8.54. The lowest BCUT2D eigenvalue weighted by Gasteiger charge is -2.04. The van der Waals surface area contributed by atoms with Crippen molar-refractivity contribution < 1.29 is 0 Å². The maximum Gasteiger partial charge on any atom is 0.0717 e. The predicted molar refractivity (Wildman–Crippen MR) is 65.8 cm³/mol. The van der Waals surface area contributed by atoms with Gasteiger partial charge in [-0.05, 0) is 36.5 Å². The third-order valence-corrected chi connectivity index (χ3v) is 3.02. The molecule has 3 nitrogen and oxygen atoms in total. The Morgan fingerprint density at radius 2 is 1.94 bits per heavy atom. The van der Waals surface area contributed by atoms with Gasteiger partial charge in [-0.3, -0.25) is 0 Å². The Kier molecular flexibility index (Phi) is 2.95. The molecule has 2 aromatic heterocycles. The number of hydrogen-bond acceptors (Lipinski definition) is 2. The number of hydrogen-bond donors (Lipinski definition) is 0. The summed E-state index contributed by atoms with van der Waals surface area (Å²) in [6, 6.07) is 4.42. The zero-order valence-electron chi connectivity index (χ0n) is 10.5. The van der Waals surface area contributed by atoms with Gasteiger partial charge in [0.1, 0.15) is 0 Å². The minimum absolute atomic E-state index is 0.481. The fourth-order valence-electron chi connectivity index (χ4n) is 2.00. The van der Waals surface area contributed by atoms with Crippen molar-refractivity contribution in [2.45, 2.75) is 46.5 Å². The van der Waals surface area contributed by atoms with Crippen molar-refractivity contribution in [3.63, 3.8) is 0 Å². The van der Waals surface area contributed by atoms with E-state index in [4.69, 9.17) is 0 Å². The Morgan fingerprint density at radius 1 is 1.19 bits per heavy atom. The van der Waals surface area contributed by atoms with Crippen LogP contribution in [-0.4, -0.2) is 14.8 Å². The van der Waals surface area contributed by atoms with Crippen LogP contribution < -0.4 is 0 Å². The molecule has 0 aliphatic heterocycles. The summed E-state index contributed by atoms with van der Waals surface area (Å²) in [6.45, 7) is 8.68. The van der Waals surface area contributed by atoms with Crippen LogP contribution >= 0.6 is 0 Å². The SMILES string of the molecule is CCc1cc2c(CC)cc(C(C)C)n2nn1. The second kappa shape index (κ2) is 4.24. The molecule has 86 valence electrons. The molecule has 0 aliphatic carbocycles. The van der Waals surface area contributed by atoms with E-state index >= 15 is 0 Å². The molecule has 0 saturated heterocycles. The molecular formula is C13H19N3. The summed E-state index contributed by atoms with van der Waals surface area (Å²) in [4.78, 5) is 0. The van der Waals surface area contributed by atoms with Gasteiger partial charge in [0, 0.05) is 5.69 Å². The Balaban J connectivity index is 2.69. The topological polar surface area (TPSA) is 30.2 Å². The maximum atomic E-state index is 4.31. The molecular weight excluding hydrogens is 198 g/mol. The lowest BCUT2D eigenvalue weighted by molar-refractivity contribution is 0.701. The molecule has 0 fully saturated rings. The van der Waals surface area contributed by atoms with Crippen molar-refractivity contribution in [1.29, 1.82) is 0 Å². The molecule has 0 N–H and O–H groups in total. The van der Waals surface area contributed by atoms with Gasteiger partial charge in [-0.2, -0.15) is 0 Å². The number of aromatic nitrogens is 3. The molecule has 0 saturated carbocycles. The summed E-state index contributed by atoms with van der Waals surface area (Å²) in [5.41, 5.74) is 4.91. The summed E-state index contributed by atoms with van der Waals surface area (Å²) < 4.78 is 1.99. The molecule has 0 bridgehead atoms. The Labute approximate surface area is 96.5 Å². The van der Waals surface area contributed by atoms with Gasteiger partial charge in [0.2, 0.25) is 0 Å². The zero-order valence-corrected chi connectivity index (χ0v) is 10.5. The molecule has 3 heteroatoms.